The van der Waals surface area contributed by atoms with Crippen LogP contribution in [-0.2, 0) is 5.11 Å². The zero-order valence-electron chi connectivity index (χ0n) is 5.77. The summed E-state index contributed by atoms with van der Waals surface area (Å²) in [6, 6.07) is 6.31. The standard InChI is InChI=1S/C6H3I3.CH3O/c7-4-2-1-3-5(8)6(4)9;1-2/h1-3H;1H3. The van der Waals surface area contributed by atoms with Gasteiger partial charge in [0.2, 0.25) is 0 Å². The Morgan fingerprint density at radius 2 is 1.36 bits per heavy atom. The van der Waals surface area contributed by atoms with E-state index >= 15 is 0 Å². The third-order valence-corrected chi connectivity index (χ3v) is 5.93. The molecule has 0 heterocycles. The van der Waals surface area contributed by atoms with E-state index in [2.05, 4.69) is 86.0 Å². The van der Waals surface area contributed by atoms with Crippen molar-refractivity contribution in [1.29, 1.82) is 0 Å². The third-order valence-electron chi connectivity index (χ3n) is 0.904. The van der Waals surface area contributed by atoms with Crippen molar-refractivity contribution < 1.29 is 5.11 Å². The molecule has 0 amide bonds. The Morgan fingerprint density at radius 1 is 1.00 bits per heavy atom. The van der Waals surface area contributed by atoms with Crippen LogP contribution in [0, 0.1) is 10.7 Å². The maximum Gasteiger partial charge on any atom is 0.0712 e. The molecule has 0 aliphatic rings. The fourth-order valence-corrected chi connectivity index (χ4v) is 2.35. The lowest BCUT2D eigenvalue weighted by atomic mass is 10.4. The molecule has 0 saturated heterocycles. The fourth-order valence-electron chi connectivity index (χ4n) is 0.477. The maximum absolute atomic E-state index is 8.25. The van der Waals surface area contributed by atoms with Crippen LogP contribution < -0.4 is 0 Å². The molecule has 0 aliphatic carbocycles. The van der Waals surface area contributed by atoms with E-state index in [4.69, 9.17) is 5.11 Å². The lowest BCUT2D eigenvalue weighted by Gasteiger charge is -1.95. The zero-order valence-corrected chi connectivity index (χ0v) is 12.2. The highest BCUT2D eigenvalue weighted by Gasteiger charge is 1.96. The molecule has 1 aromatic rings. The van der Waals surface area contributed by atoms with Gasteiger partial charge < -0.3 is 0 Å². The van der Waals surface area contributed by atoms with Gasteiger partial charge in [0.15, 0.2) is 0 Å². The predicted octanol–water partition coefficient (Wildman–Crippen LogP) is 3.55. The van der Waals surface area contributed by atoms with Gasteiger partial charge in [0, 0.05) is 10.7 Å². The Balaban J connectivity index is 0.000000461. The van der Waals surface area contributed by atoms with Gasteiger partial charge in [-0.2, -0.15) is 0 Å². The Bertz CT molecular complexity index is 205. The number of hydrogen-bond donors (Lipinski definition) is 0. The van der Waals surface area contributed by atoms with Gasteiger partial charge in [-0.3, -0.25) is 0 Å². The van der Waals surface area contributed by atoms with Crippen LogP contribution in [0.25, 0.3) is 0 Å². The van der Waals surface area contributed by atoms with E-state index in [1.165, 1.54) is 10.7 Å². The Labute approximate surface area is 107 Å². The van der Waals surface area contributed by atoms with E-state index in [0.29, 0.717) is 0 Å². The molecule has 11 heavy (non-hydrogen) atoms. The quantitative estimate of drug-likeness (QED) is 0.395. The van der Waals surface area contributed by atoms with Crippen LogP contribution in [0.2, 0.25) is 0 Å². The van der Waals surface area contributed by atoms with Gasteiger partial charge in [-0.1, -0.05) is 6.07 Å². The molecule has 0 saturated carbocycles. The highest BCUT2D eigenvalue weighted by atomic mass is 127. The normalized spacial score (nSPS) is 8.45. The summed E-state index contributed by atoms with van der Waals surface area (Å²) in [6.45, 7) is 0. The molecule has 0 bridgehead atoms. The van der Waals surface area contributed by atoms with E-state index in [1.54, 1.807) is 0 Å². The second kappa shape index (κ2) is 6.84. The van der Waals surface area contributed by atoms with Crippen LogP contribution in [0.3, 0.4) is 0 Å². The molecular formula is C7H6I3O. The topological polar surface area (TPSA) is 19.9 Å². The van der Waals surface area contributed by atoms with Crippen molar-refractivity contribution in [3.8, 4) is 0 Å². The number of hydrogen-bond acceptors (Lipinski definition) is 0. The van der Waals surface area contributed by atoms with Crippen LogP contribution >= 0.6 is 67.8 Å². The minimum atomic E-state index is 0.750. The molecule has 0 spiro atoms. The van der Waals surface area contributed by atoms with Crippen LogP contribution in [0.4, 0.5) is 0 Å². The summed E-state index contributed by atoms with van der Waals surface area (Å²) in [7, 11) is 0.750. The molecule has 0 atom stereocenters. The SMILES string of the molecule is C[O].Ic1cccc(I)c1I. The Hall–Kier alpha value is 1.37. The summed E-state index contributed by atoms with van der Waals surface area (Å²) >= 11 is 7.03. The first-order valence-corrected chi connectivity index (χ1v) is 5.96. The molecule has 0 unspecified atom stereocenters. The fraction of sp³-hybridized carbons (Fsp3) is 0.143. The minimum Gasteiger partial charge on any atom is -0.240 e. The summed E-state index contributed by atoms with van der Waals surface area (Å²) in [4.78, 5) is 0. The summed E-state index contributed by atoms with van der Waals surface area (Å²) in [5, 5.41) is 8.25. The summed E-state index contributed by atoms with van der Waals surface area (Å²) in [5.41, 5.74) is 0. The molecule has 1 rings (SSSR count). The van der Waals surface area contributed by atoms with Gasteiger partial charge >= 0.3 is 0 Å². The first kappa shape index (κ1) is 12.4. The summed E-state index contributed by atoms with van der Waals surface area (Å²) < 4.78 is 4.02. The second-order valence-electron chi connectivity index (χ2n) is 1.54. The van der Waals surface area contributed by atoms with E-state index in [9.17, 15) is 0 Å². The second-order valence-corrected chi connectivity index (χ2v) is 4.94. The van der Waals surface area contributed by atoms with E-state index in [-0.39, 0.29) is 0 Å². The van der Waals surface area contributed by atoms with Crippen LogP contribution in [0.5, 0.6) is 0 Å². The van der Waals surface area contributed by atoms with E-state index < -0.39 is 0 Å². The Morgan fingerprint density at radius 3 is 1.64 bits per heavy atom. The van der Waals surface area contributed by atoms with Crippen molar-refractivity contribution >= 4 is 67.8 Å². The first-order valence-electron chi connectivity index (χ1n) is 2.72. The molecule has 0 N–H and O–H groups in total. The number of rotatable bonds is 0. The van der Waals surface area contributed by atoms with Gasteiger partial charge in [0.05, 0.1) is 7.11 Å². The highest BCUT2D eigenvalue weighted by Crippen LogP contribution is 2.19. The van der Waals surface area contributed by atoms with E-state index in [1.807, 2.05) is 0 Å². The third kappa shape index (κ3) is 4.23. The lowest BCUT2D eigenvalue weighted by molar-refractivity contribution is 0.282. The van der Waals surface area contributed by atoms with E-state index in [0.717, 1.165) is 7.11 Å². The first-order chi connectivity index (χ1) is 5.22. The minimum absolute atomic E-state index is 0.750. The van der Waals surface area contributed by atoms with Crippen molar-refractivity contribution in [3.05, 3.63) is 28.9 Å². The van der Waals surface area contributed by atoms with Gasteiger partial charge in [-0.05, 0) is 79.9 Å². The van der Waals surface area contributed by atoms with Crippen LogP contribution in [-0.4, -0.2) is 7.11 Å². The molecule has 1 radical (unpaired) electrons. The molecule has 0 aliphatic heterocycles. The van der Waals surface area contributed by atoms with Crippen molar-refractivity contribution in [2.75, 3.05) is 7.11 Å². The van der Waals surface area contributed by atoms with Crippen molar-refractivity contribution in [2.45, 2.75) is 0 Å². The molecule has 0 aromatic heterocycles. The molecule has 1 nitrogen and oxygen atoms in total. The molecule has 1 aromatic carbocycles. The largest absolute Gasteiger partial charge is 0.240 e. The summed E-state index contributed by atoms with van der Waals surface area (Å²) in [6.07, 6.45) is 0. The highest BCUT2D eigenvalue weighted by molar-refractivity contribution is 14.1. The molecule has 61 valence electrons. The van der Waals surface area contributed by atoms with Crippen LogP contribution in [0.1, 0.15) is 0 Å². The maximum atomic E-state index is 8.25. The number of benzene rings is 1. The van der Waals surface area contributed by atoms with Gasteiger partial charge in [-0.25, -0.2) is 5.11 Å². The molecule has 4 heteroatoms. The number of halogens is 3. The summed E-state index contributed by atoms with van der Waals surface area (Å²) in [5.74, 6) is 0. The Kier molecular flexibility index (Phi) is 7.69. The zero-order chi connectivity index (χ0) is 8.85. The van der Waals surface area contributed by atoms with Crippen molar-refractivity contribution in [1.82, 2.24) is 0 Å². The van der Waals surface area contributed by atoms with Crippen LogP contribution in [0.15, 0.2) is 18.2 Å². The van der Waals surface area contributed by atoms with Gasteiger partial charge in [0.1, 0.15) is 0 Å². The van der Waals surface area contributed by atoms with Gasteiger partial charge in [0.25, 0.3) is 0 Å². The van der Waals surface area contributed by atoms with Gasteiger partial charge in [-0.15, -0.1) is 0 Å². The van der Waals surface area contributed by atoms with Crippen molar-refractivity contribution in [2.24, 2.45) is 0 Å². The predicted molar refractivity (Wildman–Crippen MR) is 71.2 cm³/mol. The molecular weight excluding hydrogens is 481 g/mol. The monoisotopic (exact) mass is 487 g/mol. The van der Waals surface area contributed by atoms with Crippen molar-refractivity contribution in [3.63, 3.8) is 0 Å². The average molecular weight is 487 g/mol. The molecule has 0 fully saturated rings. The smallest absolute Gasteiger partial charge is 0.0712 e. The lowest BCUT2D eigenvalue weighted by Crippen LogP contribution is -1.81. The average Bonchev–Trinajstić information content (AvgIpc) is 2.04.